The highest BCUT2D eigenvalue weighted by molar-refractivity contribution is 9.10. The summed E-state index contributed by atoms with van der Waals surface area (Å²) >= 11 is 16.4. The van der Waals surface area contributed by atoms with Gasteiger partial charge in [-0.15, -0.1) is 0 Å². The molecule has 0 unspecified atom stereocenters. The number of nitrogens with zero attached hydrogens (tertiary/aromatic N) is 2. The van der Waals surface area contributed by atoms with Crippen molar-refractivity contribution in [2.75, 3.05) is 10.8 Å². The second-order valence-corrected chi connectivity index (χ2v) is 14.6. The third-order valence-corrected chi connectivity index (χ3v) is 10.7. The minimum Gasteiger partial charge on any atom is -0.352 e. The molecule has 0 aromatic heterocycles. The van der Waals surface area contributed by atoms with Crippen LogP contribution in [-0.2, 0) is 32.6 Å². The maximum atomic E-state index is 14.6. The quantitative estimate of drug-likeness (QED) is 0.151. The van der Waals surface area contributed by atoms with Gasteiger partial charge in [-0.2, -0.15) is 0 Å². The van der Waals surface area contributed by atoms with E-state index < -0.39 is 28.5 Å². The zero-order valence-corrected chi connectivity index (χ0v) is 29.7. The molecule has 0 radical (unpaired) electrons. The summed E-state index contributed by atoms with van der Waals surface area (Å²) in [7, 11) is -4.31. The Morgan fingerprint density at radius 1 is 0.891 bits per heavy atom. The first-order valence-electron chi connectivity index (χ1n) is 14.8. The van der Waals surface area contributed by atoms with Gasteiger partial charge in [0.1, 0.15) is 12.6 Å². The third-order valence-electron chi connectivity index (χ3n) is 7.60. The number of halogens is 3. The molecule has 0 heterocycles. The van der Waals surface area contributed by atoms with E-state index in [9.17, 15) is 18.0 Å². The highest BCUT2D eigenvalue weighted by Crippen LogP contribution is 2.35. The molecule has 7 nitrogen and oxygen atoms in total. The van der Waals surface area contributed by atoms with E-state index in [-0.39, 0.29) is 45.5 Å². The van der Waals surface area contributed by atoms with Gasteiger partial charge in [0.2, 0.25) is 11.8 Å². The number of amides is 2. The van der Waals surface area contributed by atoms with Gasteiger partial charge in [-0.25, -0.2) is 8.42 Å². The second-order valence-electron chi connectivity index (χ2n) is 11.1. The van der Waals surface area contributed by atoms with Crippen LogP contribution < -0.4 is 9.62 Å². The molecule has 46 heavy (non-hydrogen) atoms. The summed E-state index contributed by atoms with van der Waals surface area (Å²) in [4.78, 5) is 30.0. The van der Waals surface area contributed by atoms with Gasteiger partial charge < -0.3 is 10.2 Å². The lowest BCUT2D eigenvalue weighted by molar-refractivity contribution is -0.140. The Morgan fingerprint density at radius 2 is 1.54 bits per heavy atom. The number of benzene rings is 4. The minimum absolute atomic E-state index is 0.0125. The van der Waals surface area contributed by atoms with Crippen LogP contribution in [-0.4, -0.2) is 43.8 Å². The van der Waals surface area contributed by atoms with E-state index in [4.69, 9.17) is 23.2 Å². The molecule has 4 aromatic rings. The summed E-state index contributed by atoms with van der Waals surface area (Å²) in [6.07, 6.45) is 0.907. The molecule has 4 aromatic carbocycles. The van der Waals surface area contributed by atoms with Gasteiger partial charge in [-0.1, -0.05) is 112 Å². The fourth-order valence-electron chi connectivity index (χ4n) is 4.86. The summed E-state index contributed by atoms with van der Waals surface area (Å²) in [6.45, 7) is 5.12. The molecule has 2 amide bonds. The molecular weight excluding hydrogens is 709 g/mol. The van der Waals surface area contributed by atoms with Gasteiger partial charge in [0.25, 0.3) is 10.0 Å². The highest BCUT2D eigenvalue weighted by Gasteiger charge is 2.35. The molecule has 4 rings (SSSR count). The van der Waals surface area contributed by atoms with Crippen molar-refractivity contribution in [3.8, 4) is 0 Å². The van der Waals surface area contributed by atoms with Crippen LogP contribution in [0.15, 0.2) is 106 Å². The minimum atomic E-state index is -4.31. The van der Waals surface area contributed by atoms with Gasteiger partial charge in [0.05, 0.1) is 20.6 Å². The number of sulfonamides is 1. The van der Waals surface area contributed by atoms with Crippen molar-refractivity contribution in [1.29, 1.82) is 0 Å². The zero-order chi connectivity index (χ0) is 33.4. The maximum absolute atomic E-state index is 14.6. The number of hydrogen-bond acceptors (Lipinski definition) is 4. The molecule has 0 fully saturated rings. The Bertz CT molecular complexity index is 1770. The number of rotatable bonds is 13. The molecule has 1 N–H and O–H groups in total. The molecule has 0 bridgehead atoms. The number of carbonyl (C=O) groups is 2. The zero-order valence-electron chi connectivity index (χ0n) is 25.8. The molecular formula is C35H36BrCl2N3O4S. The molecule has 0 saturated heterocycles. The standard InChI is InChI=1S/C35H36BrCl2N3O4S/c1-4-25(3)39-35(43)32(21-26-10-6-5-7-11-26)40(22-27-12-8-13-28(36)20-27)33(42)23-41(31-15-9-14-30(37)34(31)38)46(44,45)29-18-16-24(2)17-19-29/h5-20,25,32H,4,21-23H2,1-3H3,(H,39,43)/t25-,32+/m0/s1. The SMILES string of the molecule is CC[C@H](C)NC(=O)[C@@H](Cc1ccccc1)N(Cc1cccc(Br)c1)C(=O)CN(c1cccc(Cl)c1Cl)S(=O)(=O)c1ccc(C)cc1. The Labute approximate surface area is 289 Å². The fraction of sp³-hybridized carbons (Fsp3) is 0.257. The molecule has 0 aliphatic heterocycles. The van der Waals surface area contributed by atoms with E-state index in [0.717, 1.165) is 25.5 Å². The molecule has 0 aliphatic carbocycles. The predicted octanol–water partition coefficient (Wildman–Crippen LogP) is 7.81. The van der Waals surface area contributed by atoms with Crippen molar-refractivity contribution in [3.05, 3.63) is 128 Å². The Balaban J connectivity index is 1.84. The molecule has 11 heteroatoms. The van der Waals surface area contributed by atoms with Crippen LogP contribution in [0.1, 0.15) is 37.0 Å². The van der Waals surface area contributed by atoms with Crippen LogP contribution in [0.2, 0.25) is 10.0 Å². The fourth-order valence-corrected chi connectivity index (χ4v) is 7.18. The first-order chi connectivity index (χ1) is 21.9. The number of carbonyl (C=O) groups excluding carboxylic acids is 2. The van der Waals surface area contributed by atoms with E-state index in [1.165, 1.54) is 23.1 Å². The van der Waals surface area contributed by atoms with Crippen LogP contribution in [0.4, 0.5) is 5.69 Å². The lowest BCUT2D eigenvalue weighted by Gasteiger charge is -2.34. The average molecular weight is 746 g/mol. The van der Waals surface area contributed by atoms with Gasteiger partial charge in [-0.3, -0.25) is 13.9 Å². The summed E-state index contributed by atoms with van der Waals surface area (Å²) in [5.41, 5.74) is 2.53. The lowest BCUT2D eigenvalue weighted by Crippen LogP contribution is -2.54. The maximum Gasteiger partial charge on any atom is 0.264 e. The number of hydrogen-bond donors (Lipinski definition) is 1. The van der Waals surface area contributed by atoms with Crippen molar-refractivity contribution in [1.82, 2.24) is 10.2 Å². The summed E-state index contributed by atoms with van der Waals surface area (Å²) in [5.74, 6) is -0.929. The van der Waals surface area contributed by atoms with Crippen molar-refractivity contribution in [3.63, 3.8) is 0 Å². The van der Waals surface area contributed by atoms with Crippen LogP contribution in [0.25, 0.3) is 0 Å². The Kier molecular flexibility index (Phi) is 12.3. The second kappa shape index (κ2) is 16.0. The number of aryl methyl sites for hydroxylation is 1. The van der Waals surface area contributed by atoms with Crippen molar-refractivity contribution in [2.45, 2.75) is 57.1 Å². The smallest absolute Gasteiger partial charge is 0.264 e. The topological polar surface area (TPSA) is 86.8 Å². The van der Waals surface area contributed by atoms with Crippen molar-refractivity contribution >= 4 is 66.7 Å². The van der Waals surface area contributed by atoms with E-state index in [1.807, 2.05) is 75.4 Å². The molecule has 2 atom stereocenters. The Hall–Kier alpha value is -3.37. The Morgan fingerprint density at radius 3 is 2.20 bits per heavy atom. The lowest BCUT2D eigenvalue weighted by atomic mass is 10.0. The number of anilines is 1. The first-order valence-corrected chi connectivity index (χ1v) is 17.8. The molecule has 0 spiro atoms. The largest absolute Gasteiger partial charge is 0.352 e. The molecule has 242 valence electrons. The summed E-state index contributed by atoms with van der Waals surface area (Å²) in [6, 6.07) is 26.7. The summed E-state index contributed by atoms with van der Waals surface area (Å²) < 4.78 is 30.2. The predicted molar refractivity (Wildman–Crippen MR) is 189 cm³/mol. The van der Waals surface area contributed by atoms with E-state index >= 15 is 0 Å². The van der Waals surface area contributed by atoms with Crippen LogP contribution in [0.3, 0.4) is 0 Å². The number of nitrogens with one attached hydrogen (secondary N) is 1. The average Bonchev–Trinajstić information content (AvgIpc) is 3.03. The first kappa shape index (κ1) is 35.5. The van der Waals surface area contributed by atoms with Crippen LogP contribution >= 0.6 is 39.1 Å². The highest BCUT2D eigenvalue weighted by atomic mass is 79.9. The van der Waals surface area contributed by atoms with Gasteiger partial charge in [-0.05, 0) is 67.8 Å². The summed E-state index contributed by atoms with van der Waals surface area (Å²) in [5, 5.41) is 3.16. The van der Waals surface area contributed by atoms with Gasteiger partial charge >= 0.3 is 0 Å². The third kappa shape index (κ3) is 8.91. The van der Waals surface area contributed by atoms with Gasteiger partial charge in [0, 0.05) is 23.5 Å². The van der Waals surface area contributed by atoms with Gasteiger partial charge in [0.15, 0.2) is 0 Å². The monoisotopic (exact) mass is 743 g/mol. The van der Waals surface area contributed by atoms with Crippen molar-refractivity contribution in [2.24, 2.45) is 0 Å². The normalized spacial score (nSPS) is 12.7. The molecule has 0 saturated carbocycles. The molecule has 0 aliphatic rings. The van der Waals surface area contributed by atoms with E-state index in [0.29, 0.717) is 6.42 Å². The van der Waals surface area contributed by atoms with E-state index in [2.05, 4.69) is 21.2 Å². The van der Waals surface area contributed by atoms with Crippen LogP contribution in [0.5, 0.6) is 0 Å². The van der Waals surface area contributed by atoms with E-state index in [1.54, 1.807) is 24.3 Å². The van der Waals surface area contributed by atoms with Crippen molar-refractivity contribution < 1.29 is 18.0 Å². The van der Waals surface area contributed by atoms with Crippen LogP contribution in [0, 0.1) is 6.92 Å².